The minimum Gasteiger partial charge on any atom is -0.352 e. The van der Waals surface area contributed by atoms with E-state index >= 15 is 0 Å². The Morgan fingerprint density at radius 2 is 1.87 bits per heavy atom. The van der Waals surface area contributed by atoms with Gasteiger partial charge in [-0.25, -0.2) is 18.5 Å². The number of rotatable bonds is 9. The number of hydrogen-bond donors (Lipinski definition) is 5. The van der Waals surface area contributed by atoms with E-state index in [0.717, 1.165) is 16.8 Å². The molecule has 2 rings (SSSR count). The van der Waals surface area contributed by atoms with Crippen LogP contribution in [-0.4, -0.2) is 41.8 Å². The van der Waals surface area contributed by atoms with E-state index in [2.05, 4.69) is 13.1 Å². The Balaban J connectivity index is 2.08. The van der Waals surface area contributed by atoms with E-state index in [4.69, 9.17) is 24.7 Å². The van der Waals surface area contributed by atoms with Crippen molar-refractivity contribution in [3.05, 3.63) is 33.1 Å². The van der Waals surface area contributed by atoms with Crippen LogP contribution in [0.3, 0.4) is 0 Å². The first-order chi connectivity index (χ1) is 13.7. The van der Waals surface area contributed by atoms with Gasteiger partial charge in [0, 0.05) is 24.6 Å². The van der Waals surface area contributed by atoms with Gasteiger partial charge in [-0.2, -0.15) is 13.9 Å². The van der Waals surface area contributed by atoms with Gasteiger partial charge in [-0.1, -0.05) is 0 Å². The van der Waals surface area contributed by atoms with Gasteiger partial charge in [-0.3, -0.25) is 18.9 Å². The first-order valence-electron chi connectivity index (χ1n) is 7.83. The standard InChI is InChI=1S/C11H16N3O13P3/c12-3-1-7-5-10(14-4-2-9(15)13-11(14)16)25-8(7)6-24-29(20,21)27-30(22,23)26-28(17,18)19/h2,4,7-8,10H,1,5-6H2,(H,20,21)(H,22,23)(H,13,15,16)(H2,17,18,19). The van der Waals surface area contributed by atoms with Crippen molar-refractivity contribution in [2.75, 3.05) is 6.61 Å². The molecule has 30 heavy (non-hydrogen) atoms. The molecule has 19 heteroatoms. The second-order valence-corrected chi connectivity index (χ2v) is 10.3. The Morgan fingerprint density at radius 1 is 1.20 bits per heavy atom. The lowest BCUT2D eigenvalue weighted by Gasteiger charge is -2.20. The highest BCUT2D eigenvalue weighted by molar-refractivity contribution is 7.66. The average Bonchev–Trinajstić information content (AvgIpc) is 2.92. The SMILES string of the molecule is N#CCC1CC(n2ccc(=O)[nH]c2=O)OC1COP(=O)(O)OP(=O)(O)OP(=O)(O)O. The first-order valence-corrected chi connectivity index (χ1v) is 12.4. The normalized spacial score (nSPS) is 25.9. The predicted molar refractivity (Wildman–Crippen MR) is 93.4 cm³/mol. The van der Waals surface area contributed by atoms with Gasteiger partial charge in [-0.05, 0) is 6.42 Å². The van der Waals surface area contributed by atoms with Gasteiger partial charge in [0.2, 0.25) is 0 Å². The summed E-state index contributed by atoms with van der Waals surface area (Å²) in [5.74, 6) is -0.605. The molecule has 16 nitrogen and oxygen atoms in total. The van der Waals surface area contributed by atoms with Crippen molar-refractivity contribution < 1.29 is 51.2 Å². The summed E-state index contributed by atoms with van der Waals surface area (Å²) >= 11 is 0. The molecule has 1 saturated heterocycles. The molecule has 1 aromatic rings. The molecule has 5 unspecified atom stereocenters. The maximum Gasteiger partial charge on any atom is 0.490 e. The van der Waals surface area contributed by atoms with Gasteiger partial charge in [0.15, 0.2) is 0 Å². The third-order valence-electron chi connectivity index (χ3n) is 3.69. The highest BCUT2D eigenvalue weighted by Crippen LogP contribution is 2.66. The van der Waals surface area contributed by atoms with Crippen LogP contribution in [0.2, 0.25) is 0 Å². The predicted octanol–water partition coefficient (Wildman–Crippen LogP) is -0.303. The fourth-order valence-corrected chi connectivity index (χ4v) is 5.62. The zero-order chi connectivity index (χ0) is 22.7. The lowest BCUT2D eigenvalue weighted by atomic mass is 9.98. The van der Waals surface area contributed by atoms with E-state index in [1.54, 1.807) is 0 Å². The van der Waals surface area contributed by atoms with Gasteiger partial charge in [-0.15, -0.1) is 0 Å². The highest BCUT2D eigenvalue weighted by Gasteiger charge is 2.43. The summed E-state index contributed by atoms with van der Waals surface area (Å²) in [5.41, 5.74) is -1.44. The second kappa shape index (κ2) is 9.35. The van der Waals surface area contributed by atoms with Gasteiger partial charge >= 0.3 is 29.2 Å². The van der Waals surface area contributed by atoms with Gasteiger partial charge in [0.25, 0.3) is 5.56 Å². The van der Waals surface area contributed by atoms with Crippen LogP contribution in [0.1, 0.15) is 19.1 Å². The quantitative estimate of drug-likeness (QED) is 0.278. The Labute approximate surface area is 167 Å². The molecule has 0 amide bonds. The molecule has 1 fully saturated rings. The van der Waals surface area contributed by atoms with Gasteiger partial charge in [0.05, 0.1) is 18.8 Å². The van der Waals surface area contributed by atoms with Crippen molar-refractivity contribution in [1.82, 2.24) is 9.55 Å². The fourth-order valence-electron chi connectivity index (χ4n) is 2.59. The fraction of sp³-hybridized carbons (Fsp3) is 0.545. The summed E-state index contributed by atoms with van der Waals surface area (Å²) in [6.07, 6.45) is -0.885. The number of nitrogens with zero attached hydrogens (tertiary/aromatic N) is 2. The minimum atomic E-state index is -5.67. The van der Waals surface area contributed by atoms with Crippen LogP contribution in [0, 0.1) is 17.2 Å². The van der Waals surface area contributed by atoms with Crippen molar-refractivity contribution in [1.29, 1.82) is 5.26 Å². The van der Waals surface area contributed by atoms with E-state index < -0.39 is 59.6 Å². The first kappa shape index (κ1) is 24.8. The van der Waals surface area contributed by atoms with Crippen LogP contribution < -0.4 is 11.2 Å². The van der Waals surface area contributed by atoms with Crippen molar-refractivity contribution >= 4 is 23.5 Å². The average molecular weight is 491 g/mol. The molecule has 2 heterocycles. The molecule has 1 aromatic heterocycles. The summed E-state index contributed by atoms with van der Waals surface area (Å²) < 4.78 is 52.0. The third kappa shape index (κ3) is 7.35. The van der Waals surface area contributed by atoms with Crippen molar-refractivity contribution in [3.8, 4) is 6.07 Å². The van der Waals surface area contributed by atoms with E-state index in [0.29, 0.717) is 0 Å². The molecular weight excluding hydrogens is 475 g/mol. The third-order valence-corrected chi connectivity index (χ3v) is 7.50. The summed E-state index contributed by atoms with van der Waals surface area (Å²) in [4.78, 5) is 60.7. The minimum absolute atomic E-state index is 0.0872. The Bertz CT molecular complexity index is 1070. The van der Waals surface area contributed by atoms with Crippen molar-refractivity contribution in [2.24, 2.45) is 5.92 Å². The molecule has 0 saturated carbocycles. The topological polar surface area (TPSA) is 248 Å². The van der Waals surface area contributed by atoms with Crippen molar-refractivity contribution in [2.45, 2.75) is 25.2 Å². The molecule has 5 N–H and O–H groups in total. The number of ether oxygens (including phenoxy) is 1. The number of phosphoric ester groups is 1. The number of nitrogens with one attached hydrogen (secondary N) is 1. The molecule has 0 bridgehead atoms. The van der Waals surface area contributed by atoms with Gasteiger partial charge < -0.3 is 24.3 Å². The van der Waals surface area contributed by atoms with Crippen LogP contribution in [0.5, 0.6) is 0 Å². The summed E-state index contributed by atoms with van der Waals surface area (Å²) in [6.45, 7) is -0.759. The largest absolute Gasteiger partial charge is 0.490 e. The molecule has 0 aliphatic carbocycles. The molecule has 168 valence electrons. The molecular formula is C11H16N3O13P3. The van der Waals surface area contributed by atoms with E-state index in [1.807, 2.05) is 11.1 Å². The molecule has 0 radical (unpaired) electrons. The zero-order valence-corrected chi connectivity index (χ0v) is 17.4. The maximum absolute atomic E-state index is 11.9. The lowest BCUT2D eigenvalue weighted by Crippen LogP contribution is -2.31. The monoisotopic (exact) mass is 491 g/mol. The number of phosphoric acid groups is 3. The van der Waals surface area contributed by atoms with Gasteiger partial charge in [0.1, 0.15) is 6.23 Å². The Kier molecular flexibility index (Phi) is 7.73. The zero-order valence-electron chi connectivity index (χ0n) is 14.7. The van der Waals surface area contributed by atoms with E-state index in [1.165, 1.54) is 0 Å². The van der Waals surface area contributed by atoms with Crippen LogP contribution in [0.15, 0.2) is 21.9 Å². The van der Waals surface area contributed by atoms with Crippen LogP contribution in [0.4, 0.5) is 0 Å². The molecule has 5 atom stereocenters. The van der Waals surface area contributed by atoms with E-state index in [-0.39, 0.29) is 12.8 Å². The Hall–Kier alpha value is -1.46. The molecule has 0 aromatic carbocycles. The summed E-state index contributed by atoms with van der Waals surface area (Å²) in [5, 5.41) is 8.93. The molecule has 1 aliphatic rings. The van der Waals surface area contributed by atoms with Crippen LogP contribution in [-0.2, 0) is 31.6 Å². The smallest absolute Gasteiger partial charge is 0.352 e. The molecule has 0 spiro atoms. The summed E-state index contributed by atoms with van der Waals surface area (Å²) in [6, 6.07) is 2.92. The highest BCUT2D eigenvalue weighted by atomic mass is 31.3. The van der Waals surface area contributed by atoms with E-state index in [9.17, 15) is 28.2 Å². The number of hydrogen-bond acceptors (Lipinski definition) is 10. The van der Waals surface area contributed by atoms with Crippen LogP contribution >= 0.6 is 23.5 Å². The number of aromatic nitrogens is 2. The summed E-state index contributed by atoms with van der Waals surface area (Å²) in [7, 11) is -16.6. The van der Waals surface area contributed by atoms with Crippen LogP contribution in [0.25, 0.3) is 0 Å². The number of nitriles is 1. The maximum atomic E-state index is 11.9. The second-order valence-electron chi connectivity index (χ2n) is 5.89. The number of aromatic amines is 1. The Morgan fingerprint density at radius 3 is 2.43 bits per heavy atom. The molecule has 1 aliphatic heterocycles. The number of H-pyrrole nitrogens is 1. The lowest BCUT2D eigenvalue weighted by molar-refractivity contribution is -0.0317. The van der Waals surface area contributed by atoms with Crippen molar-refractivity contribution in [3.63, 3.8) is 0 Å².